The molecule has 0 aromatic carbocycles. The van der Waals surface area contributed by atoms with Crippen molar-refractivity contribution in [2.45, 2.75) is 77.0 Å². The first-order valence-corrected chi connectivity index (χ1v) is 13.4. The van der Waals surface area contributed by atoms with Crippen molar-refractivity contribution >= 4 is 21.6 Å². The van der Waals surface area contributed by atoms with Crippen molar-refractivity contribution in [2.75, 3.05) is 66.0 Å². The van der Waals surface area contributed by atoms with Gasteiger partial charge in [0.1, 0.15) is 4.93 Å². The van der Waals surface area contributed by atoms with Crippen molar-refractivity contribution in [3.05, 3.63) is 0 Å². The Balaban J connectivity index is 4.02. The molecule has 0 aliphatic rings. The predicted molar refractivity (Wildman–Crippen MR) is 131 cm³/mol. The van der Waals surface area contributed by atoms with Crippen LogP contribution in [-0.4, -0.2) is 81.7 Å². The molecule has 8 heteroatoms. The fourth-order valence-corrected chi connectivity index (χ4v) is 4.53. The van der Waals surface area contributed by atoms with Gasteiger partial charge in [-0.1, -0.05) is 63.1 Å². The van der Waals surface area contributed by atoms with Gasteiger partial charge in [0, 0.05) is 30.4 Å². The fourth-order valence-electron chi connectivity index (χ4n) is 2.13. The van der Waals surface area contributed by atoms with Gasteiger partial charge < -0.3 is 29.0 Å². The number of hydrogen-bond donors (Lipinski definition) is 1. The topological polar surface area (TPSA) is 58.2 Å². The van der Waals surface area contributed by atoms with E-state index in [1.165, 1.54) is 0 Å². The molecule has 0 aliphatic heterocycles. The second-order valence-electron chi connectivity index (χ2n) is 8.57. The number of rotatable bonds is 21. The van der Waals surface area contributed by atoms with Crippen LogP contribution in [0.5, 0.6) is 0 Å². The van der Waals surface area contributed by atoms with E-state index in [0.29, 0.717) is 58.9 Å². The molecule has 1 unspecified atom stereocenters. The Morgan fingerprint density at radius 2 is 1.23 bits per heavy atom. The molecule has 0 saturated heterocycles. The van der Waals surface area contributed by atoms with Gasteiger partial charge in [-0.15, -0.1) is 0 Å². The minimum absolute atomic E-state index is 0.168. The summed E-state index contributed by atoms with van der Waals surface area (Å²) < 4.78 is 28.7. The van der Waals surface area contributed by atoms with Crippen LogP contribution < -0.4 is 5.32 Å². The maximum absolute atomic E-state index is 6.19. The number of ether oxygens (including phenoxy) is 5. The summed E-state index contributed by atoms with van der Waals surface area (Å²) in [5.41, 5.74) is 0. The zero-order valence-corrected chi connectivity index (χ0v) is 22.1. The molecule has 0 fully saturated rings. The summed E-state index contributed by atoms with van der Waals surface area (Å²) in [5, 5.41) is 3.33. The van der Waals surface area contributed by atoms with Gasteiger partial charge in [0.05, 0.1) is 52.9 Å². The van der Waals surface area contributed by atoms with E-state index in [0.717, 1.165) is 26.0 Å². The van der Waals surface area contributed by atoms with Crippen molar-refractivity contribution in [2.24, 2.45) is 0 Å². The molecule has 0 saturated carbocycles. The summed E-state index contributed by atoms with van der Waals surface area (Å²) in [6.45, 7) is 21.8. The van der Waals surface area contributed by atoms with E-state index < -0.39 is 0 Å². The first kappa shape index (κ1) is 30.5. The smallest absolute Gasteiger partial charge is 0.123 e. The van der Waals surface area contributed by atoms with Gasteiger partial charge >= 0.3 is 0 Å². The Morgan fingerprint density at radius 1 is 0.700 bits per heavy atom. The molecule has 1 atom stereocenters. The fraction of sp³-hybridized carbons (Fsp3) is 1.00. The summed E-state index contributed by atoms with van der Waals surface area (Å²) in [5.74, 6) is 0. The maximum atomic E-state index is 6.19. The Bertz CT molecular complexity index is 383. The summed E-state index contributed by atoms with van der Waals surface area (Å²) in [6, 6.07) is 0.491. The highest BCUT2D eigenvalue weighted by atomic mass is 33.1. The summed E-state index contributed by atoms with van der Waals surface area (Å²) in [6.07, 6.45) is 1.85. The number of nitrogens with one attached hydrogen (secondary N) is 1. The van der Waals surface area contributed by atoms with Gasteiger partial charge in [-0.3, -0.25) is 0 Å². The van der Waals surface area contributed by atoms with E-state index in [1.807, 2.05) is 10.8 Å². The van der Waals surface area contributed by atoms with Gasteiger partial charge in [0.25, 0.3) is 0 Å². The molecular weight excluding hydrogens is 422 g/mol. The monoisotopic (exact) mass is 469 g/mol. The molecule has 0 aromatic rings. The van der Waals surface area contributed by atoms with Gasteiger partial charge in [-0.25, -0.2) is 0 Å². The van der Waals surface area contributed by atoms with E-state index in [4.69, 9.17) is 23.7 Å². The number of hydrogen-bond acceptors (Lipinski definition) is 8. The van der Waals surface area contributed by atoms with E-state index in [2.05, 4.69) is 53.8 Å². The van der Waals surface area contributed by atoms with Gasteiger partial charge in [-0.05, 0) is 13.3 Å². The SMILES string of the molecule is CCCOCCOCCOC(C)(CCOCCOCCNC(C)C)SSC(C)(C)C. The van der Waals surface area contributed by atoms with Crippen LogP contribution in [0.15, 0.2) is 0 Å². The maximum Gasteiger partial charge on any atom is 0.123 e. The lowest BCUT2D eigenvalue weighted by Crippen LogP contribution is -2.29. The highest BCUT2D eigenvalue weighted by molar-refractivity contribution is 8.77. The molecule has 0 heterocycles. The van der Waals surface area contributed by atoms with Gasteiger partial charge in [-0.2, -0.15) is 0 Å². The van der Waals surface area contributed by atoms with E-state index >= 15 is 0 Å². The summed E-state index contributed by atoms with van der Waals surface area (Å²) >= 11 is 0. The summed E-state index contributed by atoms with van der Waals surface area (Å²) in [4.78, 5) is -0.317. The second-order valence-corrected chi connectivity index (χ2v) is 12.0. The molecule has 0 spiro atoms. The van der Waals surface area contributed by atoms with Crippen molar-refractivity contribution in [1.29, 1.82) is 0 Å². The van der Waals surface area contributed by atoms with Crippen LogP contribution in [0, 0.1) is 0 Å². The average Bonchev–Trinajstić information content (AvgIpc) is 2.66. The molecule has 1 N–H and O–H groups in total. The average molecular weight is 470 g/mol. The lowest BCUT2D eigenvalue weighted by Gasteiger charge is -2.31. The molecule has 0 aliphatic carbocycles. The molecule has 0 aromatic heterocycles. The molecule has 0 bridgehead atoms. The first-order chi connectivity index (χ1) is 14.2. The van der Waals surface area contributed by atoms with Gasteiger partial charge in [0.15, 0.2) is 0 Å². The largest absolute Gasteiger partial charge is 0.379 e. The second kappa shape index (κ2) is 19.0. The molecular formula is C22H47NO5S2. The van der Waals surface area contributed by atoms with E-state index in [-0.39, 0.29) is 9.68 Å². The quantitative estimate of drug-likeness (QED) is 0.147. The van der Waals surface area contributed by atoms with Crippen molar-refractivity contribution in [3.8, 4) is 0 Å². The predicted octanol–water partition coefficient (Wildman–Crippen LogP) is 4.76. The standard InChI is InChI=1S/C22H47NO5S2/c1-8-11-24-14-17-27-18-19-28-22(7,30-29-21(4,5)6)9-12-25-15-16-26-13-10-23-20(2)3/h20,23H,8-19H2,1-7H3. The Hall–Kier alpha value is 0.460. The van der Waals surface area contributed by atoms with Crippen molar-refractivity contribution in [1.82, 2.24) is 5.32 Å². The Kier molecular flexibility index (Phi) is 19.3. The van der Waals surface area contributed by atoms with Crippen LogP contribution >= 0.6 is 21.6 Å². The van der Waals surface area contributed by atoms with Crippen molar-refractivity contribution < 1.29 is 23.7 Å². The highest BCUT2D eigenvalue weighted by Gasteiger charge is 2.29. The highest BCUT2D eigenvalue weighted by Crippen LogP contribution is 2.45. The Labute approximate surface area is 193 Å². The minimum atomic E-state index is -0.317. The molecule has 182 valence electrons. The van der Waals surface area contributed by atoms with Crippen LogP contribution in [0.4, 0.5) is 0 Å². The van der Waals surface area contributed by atoms with Crippen LogP contribution in [0.3, 0.4) is 0 Å². The molecule has 30 heavy (non-hydrogen) atoms. The van der Waals surface area contributed by atoms with Gasteiger partial charge in [0.2, 0.25) is 0 Å². The summed E-state index contributed by atoms with van der Waals surface area (Å²) in [7, 11) is 3.62. The zero-order valence-electron chi connectivity index (χ0n) is 20.4. The normalized spacial score (nSPS) is 14.4. The lowest BCUT2D eigenvalue weighted by molar-refractivity contribution is -0.0331. The zero-order chi connectivity index (χ0) is 22.7. The van der Waals surface area contributed by atoms with E-state index in [9.17, 15) is 0 Å². The Morgan fingerprint density at radius 3 is 1.80 bits per heavy atom. The molecule has 6 nitrogen and oxygen atoms in total. The van der Waals surface area contributed by atoms with Crippen LogP contribution in [0.2, 0.25) is 0 Å². The molecule has 0 rings (SSSR count). The third-order valence-electron chi connectivity index (χ3n) is 3.69. The van der Waals surface area contributed by atoms with Crippen molar-refractivity contribution in [3.63, 3.8) is 0 Å². The van der Waals surface area contributed by atoms with Crippen LogP contribution in [0.25, 0.3) is 0 Å². The third kappa shape index (κ3) is 21.7. The third-order valence-corrected chi connectivity index (χ3v) is 7.76. The minimum Gasteiger partial charge on any atom is -0.379 e. The molecule has 0 radical (unpaired) electrons. The van der Waals surface area contributed by atoms with Crippen LogP contribution in [-0.2, 0) is 23.7 Å². The van der Waals surface area contributed by atoms with Crippen LogP contribution in [0.1, 0.15) is 61.3 Å². The van der Waals surface area contributed by atoms with E-state index in [1.54, 1.807) is 10.8 Å². The first-order valence-electron chi connectivity index (χ1n) is 11.2. The lowest BCUT2D eigenvalue weighted by atomic mass is 10.3. The molecule has 0 amide bonds.